The molecule has 1 fully saturated rings. The van der Waals surface area contributed by atoms with Crippen LogP contribution in [0, 0.1) is 0 Å². The molecule has 1 aliphatic rings. The van der Waals surface area contributed by atoms with Gasteiger partial charge in [-0.2, -0.15) is 0 Å². The molecule has 2 aromatic carbocycles. The zero-order valence-electron chi connectivity index (χ0n) is 15.4. The Morgan fingerprint density at radius 2 is 1.78 bits per heavy atom. The van der Waals surface area contributed by atoms with Crippen molar-refractivity contribution in [2.24, 2.45) is 0 Å². The fourth-order valence-corrected chi connectivity index (χ4v) is 3.12. The van der Waals surface area contributed by atoms with E-state index in [1.807, 2.05) is 54.6 Å². The molecule has 1 amide bonds. The SMILES string of the molecule is O=C(CNc1ccccc1N1CCC(O)CC1)NCCOc1ccccc1. The van der Waals surface area contributed by atoms with Crippen molar-refractivity contribution in [1.29, 1.82) is 0 Å². The Kier molecular flexibility index (Phi) is 6.93. The van der Waals surface area contributed by atoms with Crippen LogP contribution < -0.4 is 20.3 Å². The van der Waals surface area contributed by atoms with Gasteiger partial charge < -0.3 is 25.4 Å². The highest BCUT2D eigenvalue weighted by Gasteiger charge is 2.19. The lowest BCUT2D eigenvalue weighted by Gasteiger charge is -2.32. The molecule has 0 radical (unpaired) electrons. The number of carbonyl (C=O) groups excluding carboxylic acids is 1. The number of amides is 1. The first-order chi connectivity index (χ1) is 13.2. The number of nitrogens with zero attached hydrogens (tertiary/aromatic N) is 1. The lowest BCUT2D eigenvalue weighted by atomic mass is 10.1. The van der Waals surface area contributed by atoms with Crippen LogP contribution in [0.3, 0.4) is 0 Å². The molecule has 3 N–H and O–H groups in total. The maximum atomic E-state index is 12.1. The van der Waals surface area contributed by atoms with Gasteiger partial charge in [-0.25, -0.2) is 0 Å². The normalized spacial score (nSPS) is 14.6. The third kappa shape index (κ3) is 5.89. The number of rotatable bonds is 8. The van der Waals surface area contributed by atoms with Crippen LogP contribution in [0.15, 0.2) is 54.6 Å². The average Bonchev–Trinajstić information content (AvgIpc) is 2.71. The Labute approximate surface area is 160 Å². The highest BCUT2D eigenvalue weighted by molar-refractivity contribution is 5.82. The summed E-state index contributed by atoms with van der Waals surface area (Å²) in [4.78, 5) is 14.3. The number of aliphatic hydroxyl groups excluding tert-OH is 1. The van der Waals surface area contributed by atoms with E-state index in [1.54, 1.807) is 0 Å². The largest absolute Gasteiger partial charge is 0.492 e. The van der Waals surface area contributed by atoms with Crippen LogP contribution in [0.25, 0.3) is 0 Å². The molecule has 0 atom stereocenters. The molecule has 1 saturated heterocycles. The summed E-state index contributed by atoms with van der Waals surface area (Å²) in [6, 6.07) is 17.5. The lowest BCUT2D eigenvalue weighted by Crippen LogP contribution is -2.37. The minimum atomic E-state index is -0.203. The van der Waals surface area contributed by atoms with Gasteiger partial charge in [-0.05, 0) is 37.1 Å². The van der Waals surface area contributed by atoms with Crippen molar-refractivity contribution in [2.75, 3.05) is 43.0 Å². The van der Waals surface area contributed by atoms with Crippen LogP contribution in [-0.2, 0) is 4.79 Å². The third-order valence-electron chi connectivity index (χ3n) is 4.58. The second-order valence-corrected chi connectivity index (χ2v) is 6.60. The molecule has 0 saturated carbocycles. The second kappa shape index (κ2) is 9.83. The van der Waals surface area contributed by atoms with Crippen LogP contribution in [0.1, 0.15) is 12.8 Å². The molecule has 27 heavy (non-hydrogen) atoms. The van der Waals surface area contributed by atoms with Gasteiger partial charge in [0, 0.05) is 13.1 Å². The summed E-state index contributed by atoms with van der Waals surface area (Å²) in [5.41, 5.74) is 2.01. The Hall–Kier alpha value is -2.73. The highest BCUT2D eigenvalue weighted by atomic mass is 16.5. The Morgan fingerprint density at radius 3 is 2.56 bits per heavy atom. The van der Waals surface area contributed by atoms with E-state index in [9.17, 15) is 9.90 Å². The lowest BCUT2D eigenvalue weighted by molar-refractivity contribution is -0.119. The van der Waals surface area contributed by atoms with E-state index in [0.717, 1.165) is 43.1 Å². The van der Waals surface area contributed by atoms with E-state index < -0.39 is 0 Å². The zero-order valence-corrected chi connectivity index (χ0v) is 15.4. The number of piperidine rings is 1. The van der Waals surface area contributed by atoms with Crippen molar-refractivity contribution in [2.45, 2.75) is 18.9 Å². The standard InChI is InChI=1S/C21H27N3O3/c25-17-10-13-24(14-11-17)20-9-5-4-8-19(20)23-16-21(26)22-12-15-27-18-6-2-1-3-7-18/h1-9,17,23,25H,10-16H2,(H,22,26). The fraction of sp³-hybridized carbons (Fsp3) is 0.381. The van der Waals surface area contributed by atoms with Gasteiger partial charge in [-0.15, -0.1) is 0 Å². The molecule has 0 spiro atoms. The van der Waals surface area contributed by atoms with Crippen molar-refractivity contribution in [3.63, 3.8) is 0 Å². The predicted molar refractivity (Wildman–Crippen MR) is 107 cm³/mol. The van der Waals surface area contributed by atoms with Gasteiger partial charge in [0.15, 0.2) is 0 Å². The second-order valence-electron chi connectivity index (χ2n) is 6.60. The number of benzene rings is 2. The van der Waals surface area contributed by atoms with E-state index in [4.69, 9.17) is 4.74 Å². The molecule has 1 heterocycles. The maximum Gasteiger partial charge on any atom is 0.239 e. The summed E-state index contributed by atoms with van der Waals surface area (Å²) in [6.07, 6.45) is 1.34. The van der Waals surface area contributed by atoms with Gasteiger partial charge in [-0.3, -0.25) is 4.79 Å². The van der Waals surface area contributed by atoms with Crippen LogP contribution in [-0.4, -0.2) is 49.9 Å². The van der Waals surface area contributed by atoms with Crippen LogP contribution >= 0.6 is 0 Å². The molecule has 1 aliphatic heterocycles. The van der Waals surface area contributed by atoms with Gasteiger partial charge in [0.05, 0.1) is 30.6 Å². The molecule has 0 aromatic heterocycles. The number of anilines is 2. The fourth-order valence-electron chi connectivity index (χ4n) is 3.12. The number of para-hydroxylation sites is 3. The summed E-state index contributed by atoms with van der Waals surface area (Å²) in [5, 5.41) is 15.8. The highest BCUT2D eigenvalue weighted by Crippen LogP contribution is 2.28. The number of hydrogen-bond donors (Lipinski definition) is 3. The van der Waals surface area contributed by atoms with Crippen LogP contribution in [0.5, 0.6) is 5.75 Å². The quantitative estimate of drug-likeness (QED) is 0.623. The molecule has 2 aromatic rings. The van der Waals surface area contributed by atoms with Crippen molar-refractivity contribution in [1.82, 2.24) is 5.32 Å². The minimum absolute atomic E-state index is 0.0736. The molecule has 0 aliphatic carbocycles. The smallest absolute Gasteiger partial charge is 0.239 e. The molecular formula is C21H27N3O3. The third-order valence-corrected chi connectivity index (χ3v) is 4.58. The molecule has 3 rings (SSSR count). The first kappa shape index (κ1) is 19.0. The minimum Gasteiger partial charge on any atom is -0.492 e. The number of aliphatic hydroxyl groups is 1. The maximum absolute atomic E-state index is 12.1. The zero-order chi connectivity index (χ0) is 18.9. The molecule has 0 bridgehead atoms. The average molecular weight is 369 g/mol. The molecule has 0 unspecified atom stereocenters. The van der Waals surface area contributed by atoms with Gasteiger partial charge in [0.25, 0.3) is 0 Å². The van der Waals surface area contributed by atoms with Crippen LogP contribution in [0.2, 0.25) is 0 Å². The monoisotopic (exact) mass is 369 g/mol. The van der Waals surface area contributed by atoms with E-state index >= 15 is 0 Å². The van der Waals surface area contributed by atoms with Crippen molar-refractivity contribution in [3.8, 4) is 5.75 Å². The van der Waals surface area contributed by atoms with Crippen molar-refractivity contribution < 1.29 is 14.6 Å². The summed E-state index contributed by atoms with van der Waals surface area (Å²) >= 11 is 0. The van der Waals surface area contributed by atoms with Crippen molar-refractivity contribution in [3.05, 3.63) is 54.6 Å². The number of carbonyl (C=O) groups is 1. The molecular weight excluding hydrogens is 342 g/mol. The Bertz CT molecular complexity index is 716. The summed E-state index contributed by atoms with van der Waals surface area (Å²) < 4.78 is 5.56. The van der Waals surface area contributed by atoms with Gasteiger partial charge >= 0.3 is 0 Å². The van der Waals surface area contributed by atoms with Gasteiger partial charge in [-0.1, -0.05) is 30.3 Å². The predicted octanol–water partition coefficient (Wildman–Crippen LogP) is 2.25. The van der Waals surface area contributed by atoms with Gasteiger partial charge in [0.1, 0.15) is 12.4 Å². The van der Waals surface area contributed by atoms with Crippen molar-refractivity contribution >= 4 is 17.3 Å². The molecule has 6 heteroatoms. The first-order valence-corrected chi connectivity index (χ1v) is 9.43. The Morgan fingerprint density at radius 1 is 1.07 bits per heavy atom. The summed E-state index contributed by atoms with van der Waals surface area (Å²) in [7, 11) is 0. The number of ether oxygens (including phenoxy) is 1. The topological polar surface area (TPSA) is 73.8 Å². The van der Waals surface area contributed by atoms with E-state index in [1.165, 1.54) is 0 Å². The van der Waals surface area contributed by atoms with Crippen LogP contribution in [0.4, 0.5) is 11.4 Å². The summed E-state index contributed by atoms with van der Waals surface area (Å²) in [5.74, 6) is 0.723. The van der Waals surface area contributed by atoms with E-state index in [-0.39, 0.29) is 18.6 Å². The first-order valence-electron chi connectivity index (χ1n) is 9.43. The number of hydrogen-bond acceptors (Lipinski definition) is 5. The molecule has 144 valence electrons. The molecule has 6 nitrogen and oxygen atoms in total. The number of nitrogens with one attached hydrogen (secondary N) is 2. The summed E-state index contributed by atoms with van der Waals surface area (Å²) in [6.45, 7) is 2.74. The van der Waals surface area contributed by atoms with E-state index in [2.05, 4.69) is 15.5 Å². The van der Waals surface area contributed by atoms with Gasteiger partial charge in [0.2, 0.25) is 5.91 Å². The van der Waals surface area contributed by atoms with E-state index in [0.29, 0.717) is 13.2 Å². The Balaban J connectivity index is 1.42.